The van der Waals surface area contributed by atoms with E-state index in [1.165, 1.54) is 12.8 Å². The molecular formula is C13H20N4O. The van der Waals surface area contributed by atoms with Gasteiger partial charge in [0.2, 0.25) is 0 Å². The Morgan fingerprint density at radius 2 is 2.33 bits per heavy atom. The van der Waals surface area contributed by atoms with E-state index in [-0.39, 0.29) is 5.91 Å². The summed E-state index contributed by atoms with van der Waals surface area (Å²) in [6, 6.07) is 4.28. The number of hydrogen-bond donors (Lipinski definition) is 2. The zero-order valence-electron chi connectivity index (χ0n) is 10.9. The topological polar surface area (TPSA) is 57.3 Å². The van der Waals surface area contributed by atoms with Gasteiger partial charge in [-0.25, -0.2) is 4.98 Å². The Kier molecular flexibility index (Phi) is 4.15. The van der Waals surface area contributed by atoms with Gasteiger partial charge >= 0.3 is 0 Å². The highest BCUT2D eigenvalue weighted by molar-refractivity contribution is 5.98. The maximum absolute atomic E-state index is 12.0. The summed E-state index contributed by atoms with van der Waals surface area (Å²) in [5.41, 5.74) is 0.592. The maximum atomic E-state index is 12.0. The molecule has 0 aliphatic heterocycles. The van der Waals surface area contributed by atoms with Crippen LogP contribution in [0.2, 0.25) is 0 Å². The van der Waals surface area contributed by atoms with Gasteiger partial charge in [0.15, 0.2) is 0 Å². The van der Waals surface area contributed by atoms with Crippen LogP contribution in [0.1, 0.15) is 23.2 Å². The number of rotatable bonds is 6. The summed E-state index contributed by atoms with van der Waals surface area (Å²) in [4.78, 5) is 18.4. The lowest BCUT2D eigenvalue weighted by Crippen LogP contribution is -2.34. The fraction of sp³-hybridized carbons (Fsp3) is 0.538. The van der Waals surface area contributed by atoms with Gasteiger partial charge in [-0.15, -0.1) is 0 Å². The molecule has 0 saturated heterocycles. The quantitative estimate of drug-likeness (QED) is 0.787. The summed E-state index contributed by atoms with van der Waals surface area (Å²) in [6.07, 6.45) is 4.25. The van der Waals surface area contributed by atoms with Crippen LogP contribution in [0.25, 0.3) is 0 Å². The van der Waals surface area contributed by atoms with E-state index in [0.717, 1.165) is 12.6 Å². The zero-order chi connectivity index (χ0) is 13.0. The molecule has 1 heterocycles. The molecule has 1 aliphatic rings. The van der Waals surface area contributed by atoms with Gasteiger partial charge in [-0.05, 0) is 32.0 Å². The molecule has 18 heavy (non-hydrogen) atoms. The van der Waals surface area contributed by atoms with Crippen LogP contribution in [0.4, 0.5) is 5.82 Å². The fourth-order valence-corrected chi connectivity index (χ4v) is 1.93. The molecule has 0 unspecified atom stereocenters. The highest BCUT2D eigenvalue weighted by Crippen LogP contribution is 2.24. The van der Waals surface area contributed by atoms with E-state index in [0.29, 0.717) is 17.9 Å². The highest BCUT2D eigenvalue weighted by atomic mass is 16.1. The van der Waals surface area contributed by atoms with Gasteiger partial charge in [0.05, 0.1) is 5.56 Å². The number of nitrogens with one attached hydrogen (secondary N) is 2. The lowest BCUT2D eigenvalue weighted by Gasteiger charge is -2.16. The zero-order valence-corrected chi connectivity index (χ0v) is 10.9. The molecule has 2 rings (SSSR count). The molecule has 98 valence electrons. The average molecular weight is 248 g/mol. The van der Waals surface area contributed by atoms with Gasteiger partial charge in [-0.1, -0.05) is 0 Å². The van der Waals surface area contributed by atoms with Crippen LogP contribution in [-0.4, -0.2) is 49.0 Å². The predicted octanol–water partition coefficient (Wildman–Crippen LogP) is 0.947. The van der Waals surface area contributed by atoms with Crippen molar-refractivity contribution in [2.24, 2.45) is 0 Å². The highest BCUT2D eigenvalue weighted by Gasteiger charge is 2.25. The summed E-state index contributed by atoms with van der Waals surface area (Å²) < 4.78 is 0. The molecule has 0 spiro atoms. The Bertz CT molecular complexity index is 417. The molecule has 2 N–H and O–H groups in total. The van der Waals surface area contributed by atoms with E-state index in [1.807, 2.05) is 0 Å². The van der Waals surface area contributed by atoms with Crippen LogP contribution in [0.3, 0.4) is 0 Å². The Hall–Kier alpha value is -1.62. The standard InChI is InChI=1S/C13H20N4O/c1-14-12-11(4-3-7-15-12)13(18)16-8-9-17(2)10-5-6-10/h3-4,7,10H,5-6,8-9H2,1-2H3,(H,14,15)(H,16,18). The van der Waals surface area contributed by atoms with E-state index in [2.05, 4.69) is 27.6 Å². The van der Waals surface area contributed by atoms with E-state index in [4.69, 9.17) is 0 Å². The van der Waals surface area contributed by atoms with E-state index in [1.54, 1.807) is 25.4 Å². The molecule has 1 aromatic heterocycles. The molecule has 1 saturated carbocycles. The number of aromatic nitrogens is 1. The third-order valence-corrected chi connectivity index (χ3v) is 3.21. The molecule has 1 aromatic rings. The smallest absolute Gasteiger partial charge is 0.255 e. The van der Waals surface area contributed by atoms with Crippen molar-refractivity contribution in [1.82, 2.24) is 15.2 Å². The average Bonchev–Trinajstić information content (AvgIpc) is 3.22. The molecule has 5 nitrogen and oxygen atoms in total. The van der Waals surface area contributed by atoms with Crippen LogP contribution >= 0.6 is 0 Å². The molecule has 1 aliphatic carbocycles. The van der Waals surface area contributed by atoms with Crippen LogP contribution in [0.5, 0.6) is 0 Å². The van der Waals surface area contributed by atoms with Gasteiger partial charge < -0.3 is 15.5 Å². The number of amides is 1. The first kappa shape index (κ1) is 12.8. The molecule has 0 radical (unpaired) electrons. The molecule has 1 fully saturated rings. The minimum atomic E-state index is -0.0725. The summed E-state index contributed by atoms with van der Waals surface area (Å²) in [7, 11) is 3.87. The first-order chi connectivity index (χ1) is 8.72. The van der Waals surface area contributed by atoms with Crippen molar-refractivity contribution in [2.45, 2.75) is 18.9 Å². The molecular weight excluding hydrogens is 228 g/mol. The number of nitrogens with zero attached hydrogens (tertiary/aromatic N) is 2. The Labute approximate surface area is 108 Å². The minimum absolute atomic E-state index is 0.0725. The lowest BCUT2D eigenvalue weighted by molar-refractivity contribution is 0.0950. The predicted molar refractivity (Wildman–Crippen MR) is 71.8 cm³/mol. The van der Waals surface area contributed by atoms with Crippen LogP contribution in [-0.2, 0) is 0 Å². The maximum Gasteiger partial charge on any atom is 0.255 e. The van der Waals surface area contributed by atoms with Gasteiger partial charge in [-0.2, -0.15) is 0 Å². The molecule has 0 atom stereocenters. The Morgan fingerprint density at radius 3 is 3.00 bits per heavy atom. The van der Waals surface area contributed by atoms with E-state index >= 15 is 0 Å². The van der Waals surface area contributed by atoms with Gasteiger partial charge in [0.25, 0.3) is 5.91 Å². The number of carbonyl (C=O) groups is 1. The van der Waals surface area contributed by atoms with Crippen molar-refractivity contribution >= 4 is 11.7 Å². The molecule has 0 aromatic carbocycles. The second-order valence-electron chi connectivity index (χ2n) is 4.62. The van der Waals surface area contributed by atoms with Crippen molar-refractivity contribution in [1.29, 1.82) is 0 Å². The van der Waals surface area contributed by atoms with E-state index in [9.17, 15) is 4.79 Å². The molecule has 0 bridgehead atoms. The molecule has 1 amide bonds. The van der Waals surface area contributed by atoms with Crippen molar-refractivity contribution in [3.63, 3.8) is 0 Å². The van der Waals surface area contributed by atoms with Gasteiger partial charge in [0.1, 0.15) is 5.82 Å². The van der Waals surface area contributed by atoms with Gasteiger partial charge in [0, 0.05) is 32.4 Å². The number of carbonyl (C=O) groups excluding carboxylic acids is 1. The Balaban J connectivity index is 1.83. The first-order valence-corrected chi connectivity index (χ1v) is 6.33. The van der Waals surface area contributed by atoms with Crippen molar-refractivity contribution in [3.8, 4) is 0 Å². The Morgan fingerprint density at radius 1 is 1.56 bits per heavy atom. The lowest BCUT2D eigenvalue weighted by atomic mass is 10.2. The van der Waals surface area contributed by atoms with Crippen molar-refractivity contribution in [3.05, 3.63) is 23.9 Å². The SMILES string of the molecule is CNc1ncccc1C(=O)NCCN(C)C1CC1. The second kappa shape index (κ2) is 5.82. The third kappa shape index (κ3) is 3.20. The summed E-state index contributed by atoms with van der Waals surface area (Å²) >= 11 is 0. The van der Waals surface area contributed by atoms with Crippen LogP contribution in [0.15, 0.2) is 18.3 Å². The number of pyridine rings is 1. The first-order valence-electron chi connectivity index (χ1n) is 6.33. The van der Waals surface area contributed by atoms with Crippen molar-refractivity contribution < 1.29 is 4.79 Å². The summed E-state index contributed by atoms with van der Waals surface area (Å²) in [5.74, 6) is 0.544. The van der Waals surface area contributed by atoms with Crippen LogP contribution in [0, 0.1) is 0 Å². The minimum Gasteiger partial charge on any atom is -0.372 e. The number of anilines is 1. The molecule has 5 heteroatoms. The van der Waals surface area contributed by atoms with Gasteiger partial charge in [-0.3, -0.25) is 4.79 Å². The summed E-state index contributed by atoms with van der Waals surface area (Å²) in [6.45, 7) is 1.56. The third-order valence-electron chi connectivity index (χ3n) is 3.21. The van der Waals surface area contributed by atoms with Crippen LogP contribution < -0.4 is 10.6 Å². The normalized spacial score (nSPS) is 14.6. The number of hydrogen-bond acceptors (Lipinski definition) is 4. The fourth-order valence-electron chi connectivity index (χ4n) is 1.93. The van der Waals surface area contributed by atoms with Crippen molar-refractivity contribution in [2.75, 3.05) is 32.5 Å². The summed E-state index contributed by atoms with van der Waals surface area (Å²) in [5, 5.41) is 5.85. The number of likely N-dealkylation sites (N-methyl/N-ethyl adjacent to an activating group) is 1. The monoisotopic (exact) mass is 248 g/mol. The largest absolute Gasteiger partial charge is 0.372 e. The van der Waals surface area contributed by atoms with E-state index < -0.39 is 0 Å². The second-order valence-corrected chi connectivity index (χ2v) is 4.62.